The van der Waals surface area contributed by atoms with Crippen LogP contribution >= 0.6 is 11.6 Å². The number of halogens is 1. The maximum absolute atomic E-state index is 12.1. The number of para-hydroxylation sites is 1. The quantitative estimate of drug-likeness (QED) is 0.199. The normalized spacial score (nSPS) is 15.0. The highest BCUT2D eigenvalue weighted by molar-refractivity contribution is 6.33. The molecule has 0 unspecified atom stereocenters. The number of likely N-dealkylation sites (tertiary alicyclic amines) is 1. The number of benzene rings is 2. The van der Waals surface area contributed by atoms with Crippen molar-refractivity contribution in [2.75, 3.05) is 50.6 Å². The molecule has 40 heavy (non-hydrogen) atoms. The van der Waals surface area contributed by atoms with Gasteiger partial charge in [0.15, 0.2) is 0 Å². The van der Waals surface area contributed by atoms with Crippen molar-refractivity contribution in [3.8, 4) is 17.0 Å². The van der Waals surface area contributed by atoms with Crippen molar-refractivity contribution in [2.24, 2.45) is 0 Å². The van der Waals surface area contributed by atoms with Crippen molar-refractivity contribution in [1.82, 2.24) is 19.4 Å². The fourth-order valence-corrected chi connectivity index (χ4v) is 6.07. The van der Waals surface area contributed by atoms with Crippen LogP contribution in [0.25, 0.3) is 22.2 Å². The fourth-order valence-electron chi connectivity index (χ4n) is 5.88. The third-order valence-corrected chi connectivity index (χ3v) is 8.20. The molecular weight excluding hydrogens is 530 g/mol. The first kappa shape index (κ1) is 26.3. The number of aromatic nitrogens is 3. The Morgan fingerprint density at radius 3 is 2.80 bits per heavy atom. The lowest BCUT2D eigenvalue weighted by Crippen LogP contribution is -2.31. The maximum atomic E-state index is 12.1. The van der Waals surface area contributed by atoms with E-state index in [4.69, 9.17) is 21.3 Å². The molecule has 10 nitrogen and oxygen atoms in total. The van der Waals surface area contributed by atoms with Gasteiger partial charge in [-0.1, -0.05) is 29.8 Å². The number of methoxy groups -OCH3 is 1. The van der Waals surface area contributed by atoms with Crippen molar-refractivity contribution in [3.63, 3.8) is 0 Å². The van der Waals surface area contributed by atoms with Gasteiger partial charge < -0.3 is 24.4 Å². The molecule has 0 atom stereocenters. The number of hydrogen-bond donors (Lipinski definition) is 1. The average molecular weight is 562 g/mol. The van der Waals surface area contributed by atoms with Crippen LogP contribution in [0.5, 0.6) is 5.75 Å². The summed E-state index contributed by atoms with van der Waals surface area (Å²) in [5, 5.41) is 16.8. The zero-order valence-corrected chi connectivity index (χ0v) is 23.4. The average Bonchev–Trinajstić information content (AvgIpc) is 3.62. The second-order valence-corrected chi connectivity index (χ2v) is 10.8. The smallest absolute Gasteiger partial charge is 0.294 e. The topological polar surface area (TPSA) is 102 Å². The van der Waals surface area contributed by atoms with Crippen molar-refractivity contribution >= 4 is 45.5 Å². The van der Waals surface area contributed by atoms with Crippen LogP contribution in [0.4, 0.5) is 23.0 Å². The van der Waals surface area contributed by atoms with E-state index in [1.165, 1.54) is 30.0 Å². The first-order valence-electron chi connectivity index (χ1n) is 13.6. The Labute approximate surface area is 237 Å². The molecule has 0 spiro atoms. The van der Waals surface area contributed by atoms with Crippen LogP contribution in [-0.2, 0) is 13.0 Å². The Kier molecular flexibility index (Phi) is 7.20. The highest BCUT2D eigenvalue weighted by Crippen LogP contribution is 2.40. The summed E-state index contributed by atoms with van der Waals surface area (Å²) in [5.74, 6) is 0.731. The van der Waals surface area contributed by atoms with Gasteiger partial charge in [-0.05, 0) is 44.3 Å². The summed E-state index contributed by atoms with van der Waals surface area (Å²) in [5.41, 5.74) is 4.96. The number of nitro benzene ring substituents is 1. The minimum absolute atomic E-state index is 0.0181. The fraction of sp³-hybridized carbons (Fsp3) is 0.379. The lowest BCUT2D eigenvalue weighted by Gasteiger charge is -2.24. The number of nitrogens with one attached hydrogen (secondary N) is 1. The number of hydrogen-bond acceptors (Lipinski definition) is 8. The number of nitrogens with zero attached hydrogens (tertiary/aromatic N) is 6. The van der Waals surface area contributed by atoms with Crippen LogP contribution in [0.3, 0.4) is 0 Å². The van der Waals surface area contributed by atoms with Gasteiger partial charge in [-0.25, -0.2) is 9.97 Å². The van der Waals surface area contributed by atoms with E-state index in [1.54, 1.807) is 19.4 Å². The Hall–Kier alpha value is -3.89. The SMILES string of the molecule is COc1cc(N(C)CCN2CCCC2)c([N+](=O)[O-])cc1Nc1ncc(Cl)c(-c2cn3c4c(cccc24)CCC3)n1. The van der Waals surface area contributed by atoms with Crippen LogP contribution in [0.1, 0.15) is 24.8 Å². The van der Waals surface area contributed by atoms with E-state index >= 15 is 0 Å². The molecular formula is C29H32ClN7O3. The molecule has 2 aromatic carbocycles. The van der Waals surface area contributed by atoms with E-state index in [2.05, 4.69) is 44.2 Å². The molecule has 2 aliphatic heterocycles. The molecule has 0 radical (unpaired) electrons. The summed E-state index contributed by atoms with van der Waals surface area (Å²) in [4.78, 5) is 25.2. The van der Waals surface area contributed by atoms with Gasteiger partial charge in [-0.2, -0.15) is 0 Å². The highest BCUT2D eigenvalue weighted by Gasteiger charge is 2.24. The molecule has 1 saturated heterocycles. The molecule has 4 aromatic rings. The number of ether oxygens (including phenoxy) is 1. The summed E-state index contributed by atoms with van der Waals surface area (Å²) < 4.78 is 7.91. The lowest BCUT2D eigenvalue weighted by atomic mass is 10.0. The van der Waals surface area contributed by atoms with Crippen LogP contribution in [-0.4, -0.2) is 64.7 Å². The standard InChI is InChI=1S/C29H32ClN7O3/c1-34(13-14-35-10-3-4-11-35)24-16-26(40-2)23(15-25(24)37(38)39)32-29-31-17-22(30)27(33-29)21-18-36-12-6-8-19-7-5-9-20(21)28(19)36/h5,7,9,15-18H,3-4,6,8,10-14H2,1-2H3,(H,31,32,33). The van der Waals surface area contributed by atoms with Crippen molar-refractivity contribution < 1.29 is 9.66 Å². The van der Waals surface area contributed by atoms with E-state index < -0.39 is 0 Å². The zero-order valence-electron chi connectivity index (χ0n) is 22.7. The van der Waals surface area contributed by atoms with Gasteiger partial charge in [0.2, 0.25) is 5.95 Å². The second-order valence-electron chi connectivity index (χ2n) is 10.4. The third-order valence-electron chi connectivity index (χ3n) is 7.93. The summed E-state index contributed by atoms with van der Waals surface area (Å²) in [6, 6.07) is 9.51. The van der Waals surface area contributed by atoms with E-state index in [1.807, 2.05) is 11.9 Å². The first-order chi connectivity index (χ1) is 19.4. The van der Waals surface area contributed by atoms with Crippen molar-refractivity contribution in [1.29, 1.82) is 0 Å². The van der Waals surface area contributed by atoms with E-state index in [-0.39, 0.29) is 16.6 Å². The Balaban J connectivity index is 1.33. The predicted octanol–water partition coefficient (Wildman–Crippen LogP) is 5.89. The Bertz CT molecular complexity index is 1580. The van der Waals surface area contributed by atoms with Crippen molar-refractivity contribution in [3.05, 3.63) is 63.4 Å². The summed E-state index contributed by atoms with van der Waals surface area (Å²) in [6.45, 7) is 4.63. The van der Waals surface area contributed by atoms with Gasteiger partial charge in [0, 0.05) is 56.0 Å². The van der Waals surface area contributed by atoms with Gasteiger partial charge in [-0.3, -0.25) is 10.1 Å². The first-order valence-corrected chi connectivity index (χ1v) is 14.0. The second kappa shape index (κ2) is 10.9. The number of nitro groups is 1. The van der Waals surface area contributed by atoms with E-state index in [9.17, 15) is 10.1 Å². The molecule has 1 fully saturated rings. The molecule has 208 valence electrons. The van der Waals surface area contributed by atoms with Gasteiger partial charge in [0.1, 0.15) is 11.4 Å². The van der Waals surface area contributed by atoms with E-state index in [0.29, 0.717) is 34.4 Å². The minimum Gasteiger partial charge on any atom is -0.494 e. The minimum atomic E-state index is -0.367. The molecule has 4 heterocycles. The molecule has 1 N–H and O–H groups in total. The largest absolute Gasteiger partial charge is 0.494 e. The Morgan fingerprint density at radius 2 is 2.02 bits per heavy atom. The van der Waals surface area contributed by atoms with Crippen LogP contribution in [0.15, 0.2) is 42.7 Å². The lowest BCUT2D eigenvalue weighted by molar-refractivity contribution is -0.384. The van der Waals surface area contributed by atoms with Crippen LogP contribution < -0.4 is 15.0 Å². The molecule has 0 bridgehead atoms. The molecule has 11 heteroatoms. The van der Waals surface area contributed by atoms with E-state index in [0.717, 1.165) is 50.0 Å². The van der Waals surface area contributed by atoms with Crippen LogP contribution in [0.2, 0.25) is 5.02 Å². The highest BCUT2D eigenvalue weighted by atomic mass is 35.5. The van der Waals surface area contributed by atoms with Gasteiger partial charge in [-0.15, -0.1) is 0 Å². The molecule has 2 aromatic heterocycles. The molecule has 2 aliphatic rings. The number of likely N-dealkylation sites (N-methyl/N-ethyl adjacent to an activating group) is 1. The predicted molar refractivity (Wildman–Crippen MR) is 158 cm³/mol. The van der Waals surface area contributed by atoms with Crippen LogP contribution in [0, 0.1) is 10.1 Å². The number of rotatable bonds is 9. The molecule has 6 rings (SSSR count). The van der Waals surface area contributed by atoms with Gasteiger partial charge in [0.05, 0.1) is 40.2 Å². The molecule has 0 saturated carbocycles. The van der Waals surface area contributed by atoms with Crippen molar-refractivity contribution in [2.45, 2.75) is 32.2 Å². The monoisotopic (exact) mass is 561 g/mol. The third kappa shape index (κ3) is 4.93. The molecule has 0 amide bonds. The number of anilines is 3. The van der Waals surface area contributed by atoms with Gasteiger partial charge >= 0.3 is 0 Å². The maximum Gasteiger partial charge on any atom is 0.294 e. The number of aryl methyl sites for hydroxylation is 2. The zero-order chi connectivity index (χ0) is 27.8. The summed E-state index contributed by atoms with van der Waals surface area (Å²) in [7, 11) is 3.42. The summed E-state index contributed by atoms with van der Waals surface area (Å²) in [6.07, 6.45) is 8.20. The Morgan fingerprint density at radius 1 is 1.20 bits per heavy atom. The molecule has 0 aliphatic carbocycles. The van der Waals surface area contributed by atoms with Gasteiger partial charge in [0.25, 0.3) is 5.69 Å². The summed E-state index contributed by atoms with van der Waals surface area (Å²) >= 11 is 6.61.